The summed E-state index contributed by atoms with van der Waals surface area (Å²) in [5.41, 5.74) is 1.23. The highest BCUT2D eigenvalue weighted by Crippen LogP contribution is 2.38. The van der Waals surface area contributed by atoms with Gasteiger partial charge in [-0.05, 0) is 19.4 Å². The maximum atomic E-state index is 11.7. The van der Waals surface area contributed by atoms with Crippen LogP contribution in [-0.4, -0.2) is 26.3 Å². The molecule has 0 aliphatic heterocycles. The highest BCUT2D eigenvalue weighted by Gasteiger charge is 2.25. The molecule has 1 heterocycles. The molecule has 0 amide bonds. The maximum Gasteiger partial charge on any atom is 0.177 e. The molecule has 1 radical (unpaired) electrons. The third-order valence-corrected chi connectivity index (χ3v) is 4.50. The Balaban J connectivity index is 2.67. The first-order chi connectivity index (χ1) is 10.4. The molecular weight excluding hydrogens is 324 g/mol. The van der Waals surface area contributed by atoms with Crippen LogP contribution < -0.4 is 0 Å². The zero-order valence-corrected chi connectivity index (χ0v) is 13.7. The van der Waals surface area contributed by atoms with Crippen molar-refractivity contribution in [3.05, 3.63) is 46.8 Å². The van der Waals surface area contributed by atoms with Gasteiger partial charge in [-0.2, -0.15) is 5.26 Å². The van der Waals surface area contributed by atoms with E-state index in [0.717, 1.165) is 6.26 Å². The Hall–Kier alpha value is -1.84. The Kier molecular flexibility index (Phi) is 4.89. The number of rotatable bonds is 4. The molecule has 22 heavy (non-hydrogen) atoms. The van der Waals surface area contributed by atoms with Gasteiger partial charge in [-0.1, -0.05) is 11.6 Å². The summed E-state index contributed by atoms with van der Waals surface area (Å²) in [6.45, 7) is 2.25. The Morgan fingerprint density at radius 1 is 1.45 bits per heavy atom. The van der Waals surface area contributed by atoms with Crippen LogP contribution in [0.4, 0.5) is 0 Å². The number of hydrogen-bond donors (Lipinski definition) is 0. The molecule has 5 nitrogen and oxygen atoms in total. The molecule has 0 bridgehead atoms. The Bertz CT molecular complexity index is 800. The molecule has 1 aliphatic carbocycles. The monoisotopic (exact) mass is 337 g/mol. The van der Waals surface area contributed by atoms with E-state index < -0.39 is 9.84 Å². The van der Waals surface area contributed by atoms with Crippen molar-refractivity contribution >= 4 is 27.0 Å². The molecule has 2 rings (SSSR count). The molecule has 0 spiro atoms. The third-order valence-electron chi connectivity index (χ3n) is 3.08. The summed E-state index contributed by atoms with van der Waals surface area (Å²) in [7, 11) is -3.40. The normalized spacial score (nSPS) is 15.7. The highest BCUT2D eigenvalue weighted by molar-refractivity contribution is 7.90. The zero-order valence-electron chi connectivity index (χ0n) is 12.1. The van der Waals surface area contributed by atoms with Crippen LogP contribution in [0.15, 0.2) is 39.7 Å². The average molecular weight is 338 g/mol. The van der Waals surface area contributed by atoms with E-state index in [4.69, 9.17) is 16.3 Å². The van der Waals surface area contributed by atoms with Crippen LogP contribution in [-0.2, 0) is 14.6 Å². The van der Waals surface area contributed by atoms with E-state index in [2.05, 4.69) is 11.1 Å². The molecule has 0 unspecified atom stereocenters. The SMILES string of the molecule is CCOC1=C(c2cncc(S(C)(=O)=O)c2)C(C#N)=C(Cl)C[CH]1. The largest absolute Gasteiger partial charge is 0.497 e. The van der Waals surface area contributed by atoms with Gasteiger partial charge in [-0.3, -0.25) is 4.98 Å². The Morgan fingerprint density at radius 2 is 2.18 bits per heavy atom. The summed E-state index contributed by atoms with van der Waals surface area (Å²) in [5.74, 6) is 0.510. The van der Waals surface area contributed by atoms with E-state index in [0.29, 0.717) is 35.0 Å². The first-order valence-electron chi connectivity index (χ1n) is 6.53. The van der Waals surface area contributed by atoms with Crippen LogP contribution >= 0.6 is 11.6 Å². The van der Waals surface area contributed by atoms with E-state index in [1.54, 1.807) is 6.42 Å². The number of halogens is 1. The molecule has 115 valence electrons. The van der Waals surface area contributed by atoms with Crippen molar-refractivity contribution in [1.29, 1.82) is 5.26 Å². The molecule has 0 saturated heterocycles. The molecule has 0 N–H and O–H groups in total. The lowest BCUT2D eigenvalue weighted by Gasteiger charge is -2.20. The summed E-state index contributed by atoms with van der Waals surface area (Å²) >= 11 is 6.12. The second-order valence-corrected chi connectivity index (χ2v) is 7.13. The summed E-state index contributed by atoms with van der Waals surface area (Å²) in [6, 6.07) is 3.53. The second-order valence-electron chi connectivity index (χ2n) is 4.65. The predicted molar refractivity (Wildman–Crippen MR) is 83.3 cm³/mol. The molecule has 0 aromatic carbocycles. The zero-order chi connectivity index (χ0) is 16.3. The fourth-order valence-electron chi connectivity index (χ4n) is 2.09. The van der Waals surface area contributed by atoms with Gasteiger partial charge in [0, 0.05) is 41.2 Å². The number of nitrogens with zero attached hydrogens (tertiary/aromatic N) is 2. The van der Waals surface area contributed by atoms with Gasteiger partial charge in [0.1, 0.15) is 11.8 Å². The van der Waals surface area contributed by atoms with Crippen LogP contribution in [0.1, 0.15) is 18.9 Å². The van der Waals surface area contributed by atoms with E-state index in [-0.39, 0.29) is 10.5 Å². The molecule has 0 atom stereocenters. The first-order valence-corrected chi connectivity index (χ1v) is 8.80. The number of aromatic nitrogens is 1. The minimum absolute atomic E-state index is 0.0762. The van der Waals surface area contributed by atoms with Crippen molar-refractivity contribution in [2.45, 2.75) is 18.2 Å². The minimum Gasteiger partial charge on any atom is -0.497 e. The predicted octanol–water partition coefficient (Wildman–Crippen LogP) is 2.86. The second kappa shape index (κ2) is 6.51. The minimum atomic E-state index is -3.40. The van der Waals surface area contributed by atoms with E-state index in [1.807, 2.05) is 6.92 Å². The van der Waals surface area contributed by atoms with Crippen molar-refractivity contribution in [1.82, 2.24) is 4.98 Å². The van der Waals surface area contributed by atoms with Crippen molar-refractivity contribution in [2.24, 2.45) is 0 Å². The number of nitriles is 1. The molecular formula is C15H14ClN2O3S. The number of sulfone groups is 1. The fraction of sp³-hybridized carbons (Fsp3) is 0.267. The highest BCUT2D eigenvalue weighted by atomic mass is 35.5. The standard InChI is InChI=1S/C15H14ClN2O3S/c1-3-21-14-5-4-13(16)12(7-17)15(14)10-6-11(9-18-8-10)22(2,19)20/h5-6,8-9H,3-4H2,1-2H3. The topological polar surface area (TPSA) is 80.0 Å². The maximum absolute atomic E-state index is 11.7. The summed E-state index contributed by atoms with van der Waals surface area (Å²) in [4.78, 5) is 4.03. The Morgan fingerprint density at radius 3 is 2.77 bits per heavy atom. The van der Waals surface area contributed by atoms with E-state index >= 15 is 0 Å². The lowest BCUT2D eigenvalue weighted by molar-refractivity contribution is 0.236. The van der Waals surface area contributed by atoms with Crippen LogP contribution in [0.3, 0.4) is 0 Å². The van der Waals surface area contributed by atoms with Gasteiger partial charge < -0.3 is 4.74 Å². The van der Waals surface area contributed by atoms with E-state index in [9.17, 15) is 13.7 Å². The lowest BCUT2D eigenvalue weighted by atomic mass is 9.92. The van der Waals surface area contributed by atoms with Gasteiger partial charge in [0.15, 0.2) is 9.84 Å². The van der Waals surface area contributed by atoms with Gasteiger partial charge in [0.25, 0.3) is 0 Å². The van der Waals surface area contributed by atoms with Gasteiger partial charge in [-0.15, -0.1) is 0 Å². The lowest BCUT2D eigenvalue weighted by Crippen LogP contribution is -2.08. The smallest absolute Gasteiger partial charge is 0.177 e. The number of pyridine rings is 1. The van der Waals surface area contributed by atoms with Crippen LogP contribution in [0, 0.1) is 17.8 Å². The van der Waals surface area contributed by atoms with Gasteiger partial charge in [0.05, 0.1) is 17.1 Å². The van der Waals surface area contributed by atoms with Crippen LogP contribution in [0.5, 0.6) is 0 Å². The van der Waals surface area contributed by atoms with Crippen LogP contribution in [0.25, 0.3) is 5.57 Å². The molecule has 0 fully saturated rings. The third kappa shape index (κ3) is 3.32. The van der Waals surface area contributed by atoms with Crippen LogP contribution in [0.2, 0.25) is 0 Å². The molecule has 1 aliphatic rings. The Labute approximate surface area is 134 Å². The number of allylic oxidation sites excluding steroid dienone is 4. The number of ether oxygens (including phenoxy) is 1. The number of hydrogen-bond acceptors (Lipinski definition) is 5. The van der Waals surface area contributed by atoms with Crippen molar-refractivity contribution in [3.8, 4) is 6.07 Å². The molecule has 7 heteroatoms. The first kappa shape index (κ1) is 16.5. The average Bonchev–Trinajstić information content (AvgIpc) is 2.48. The van der Waals surface area contributed by atoms with E-state index in [1.165, 1.54) is 18.5 Å². The quantitative estimate of drug-likeness (QED) is 0.844. The fourth-order valence-corrected chi connectivity index (χ4v) is 2.90. The van der Waals surface area contributed by atoms with Gasteiger partial charge >= 0.3 is 0 Å². The van der Waals surface area contributed by atoms with Gasteiger partial charge in [-0.25, -0.2) is 8.42 Å². The van der Waals surface area contributed by atoms with Crippen molar-refractivity contribution in [2.75, 3.05) is 12.9 Å². The van der Waals surface area contributed by atoms with Gasteiger partial charge in [0.2, 0.25) is 0 Å². The summed E-state index contributed by atoms with van der Waals surface area (Å²) in [6.07, 6.45) is 6.04. The van der Waals surface area contributed by atoms with Crippen molar-refractivity contribution in [3.63, 3.8) is 0 Å². The molecule has 0 saturated carbocycles. The summed E-state index contributed by atoms with van der Waals surface area (Å²) in [5, 5.41) is 9.77. The van der Waals surface area contributed by atoms with Crippen molar-refractivity contribution < 1.29 is 13.2 Å². The molecule has 1 aromatic rings. The summed E-state index contributed by atoms with van der Waals surface area (Å²) < 4.78 is 28.9. The molecule has 1 aromatic heterocycles.